The number of nitrogens with zero attached hydrogens (tertiary/aromatic N) is 4. The van der Waals surface area contributed by atoms with Crippen molar-refractivity contribution in [1.29, 1.82) is 0 Å². The van der Waals surface area contributed by atoms with Gasteiger partial charge >= 0.3 is 0 Å². The summed E-state index contributed by atoms with van der Waals surface area (Å²) in [7, 11) is 0. The minimum absolute atomic E-state index is 0.0627. The van der Waals surface area contributed by atoms with E-state index in [1.54, 1.807) is 0 Å². The molecule has 0 bridgehead atoms. The van der Waals surface area contributed by atoms with Crippen molar-refractivity contribution in [2.75, 3.05) is 6.61 Å². The number of benzene rings is 1. The lowest BCUT2D eigenvalue weighted by atomic mass is 9.73. The number of amides is 1. The number of hydrogen-bond acceptors (Lipinski definition) is 3. The SMILES string of the molecule is CC(C)[C@@H]1C(=O)N([C@@H](C)c2ccccc2)[C@@H]1C(CCO)N=[N+]=[N-]. The van der Waals surface area contributed by atoms with E-state index in [0.29, 0.717) is 6.42 Å². The van der Waals surface area contributed by atoms with E-state index < -0.39 is 6.04 Å². The fourth-order valence-corrected chi connectivity index (χ4v) is 3.50. The third-order valence-corrected chi connectivity index (χ3v) is 4.67. The third-order valence-electron chi connectivity index (χ3n) is 4.67. The van der Waals surface area contributed by atoms with Gasteiger partial charge in [-0.1, -0.05) is 49.3 Å². The van der Waals surface area contributed by atoms with E-state index in [-0.39, 0.29) is 36.4 Å². The highest BCUT2D eigenvalue weighted by Crippen LogP contribution is 2.42. The van der Waals surface area contributed by atoms with Crippen molar-refractivity contribution in [1.82, 2.24) is 4.90 Å². The molecule has 1 unspecified atom stereocenters. The monoisotopic (exact) mass is 316 g/mol. The maximum absolute atomic E-state index is 12.7. The summed E-state index contributed by atoms with van der Waals surface area (Å²) in [5.74, 6) is 0.0995. The maximum atomic E-state index is 12.7. The summed E-state index contributed by atoms with van der Waals surface area (Å²) in [6, 6.07) is 9.17. The average molecular weight is 316 g/mol. The minimum atomic E-state index is -0.402. The fraction of sp³-hybridized carbons (Fsp3) is 0.588. The lowest BCUT2D eigenvalue weighted by Crippen LogP contribution is -2.67. The lowest BCUT2D eigenvalue weighted by Gasteiger charge is -2.54. The van der Waals surface area contributed by atoms with Gasteiger partial charge in [-0.25, -0.2) is 0 Å². The number of rotatable bonds is 7. The Morgan fingerprint density at radius 2 is 1.96 bits per heavy atom. The molecule has 4 atom stereocenters. The molecular formula is C17H24N4O2. The second-order valence-corrected chi connectivity index (χ2v) is 6.38. The van der Waals surface area contributed by atoms with Crippen molar-refractivity contribution in [3.8, 4) is 0 Å². The molecule has 1 N–H and O–H groups in total. The molecule has 0 saturated carbocycles. The molecular weight excluding hydrogens is 292 g/mol. The van der Waals surface area contributed by atoms with Crippen LogP contribution in [0.1, 0.15) is 38.8 Å². The molecule has 1 aromatic rings. The van der Waals surface area contributed by atoms with Gasteiger partial charge in [-0.15, -0.1) is 0 Å². The topological polar surface area (TPSA) is 89.3 Å². The number of likely N-dealkylation sites (tertiary alicyclic amines) is 1. The smallest absolute Gasteiger partial charge is 0.228 e. The van der Waals surface area contributed by atoms with Crippen molar-refractivity contribution in [2.24, 2.45) is 17.0 Å². The standard InChI is InChI=1S/C17H24N4O2/c1-11(2)15-16(14(9-10-22)19-20-18)21(17(15)23)12(3)13-7-5-4-6-8-13/h4-8,11-12,14-16,22H,9-10H2,1-3H3/t12-,14?,15-,16+/m0/s1. The summed E-state index contributed by atoms with van der Waals surface area (Å²) < 4.78 is 0. The molecule has 1 aliphatic rings. The molecule has 6 nitrogen and oxygen atoms in total. The van der Waals surface area contributed by atoms with E-state index in [2.05, 4.69) is 10.0 Å². The van der Waals surface area contributed by atoms with Gasteiger partial charge in [0.25, 0.3) is 0 Å². The van der Waals surface area contributed by atoms with Crippen LogP contribution in [0.3, 0.4) is 0 Å². The van der Waals surface area contributed by atoms with Gasteiger partial charge in [-0.2, -0.15) is 0 Å². The molecule has 0 aliphatic carbocycles. The summed E-state index contributed by atoms with van der Waals surface area (Å²) in [6.07, 6.45) is 0.364. The first-order valence-electron chi connectivity index (χ1n) is 8.05. The largest absolute Gasteiger partial charge is 0.396 e. The molecule has 6 heteroatoms. The first-order chi connectivity index (χ1) is 11.0. The van der Waals surface area contributed by atoms with Crippen LogP contribution in [-0.2, 0) is 4.79 Å². The van der Waals surface area contributed by atoms with Gasteiger partial charge < -0.3 is 10.0 Å². The van der Waals surface area contributed by atoms with Crippen molar-refractivity contribution >= 4 is 5.91 Å². The zero-order valence-electron chi connectivity index (χ0n) is 13.8. The van der Waals surface area contributed by atoms with Crippen LogP contribution in [0.4, 0.5) is 0 Å². The van der Waals surface area contributed by atoms with E-state index in [1.165, 1.54) is 0 Å². The molecule has 1 fully saturated rings. The van der Waals surface area contributed by atoms with Crippen LogP contribution in [0.25, 0.3) is 10.4 Å². The highest BCUT2D eigenvalue weighted by atomic mass is 16.3. The first kappa shape index (κ1) is 17.3. The summed E-state index contributed by atoms with van der Waals surface area (Å²) in [5, 5.41) is 13.1. The van der Waals surface area contributed by atoms with Crippen molar-refractivity contribution in [2.45, 2.75) is 45.3 Å². The molecule has 2 rings (SSSR count). The summed E-state index contributed by atoms with van der Waals surface area (Å²) in [5.41, 5.74) is 9.89. The van der Waals surface area contributed by atoms with Gasteiger partial charge in [0.1, 0.15) is 0 Å². The normalized spacial score (nSPS) is 23.2. The van der Waals surface area contributed by atoms with Crippen LogP contribution in [0.15, 0.2) is 35.4 Å². The average Bonchev–Trinajstić information content (AvgIpc) is 2.52. The minimum Gasteiger partial charge on any atom is -0.396 e. The molecule has 0 spiro atoms. The van der Waals surface area contributed by atoms with Crippen molar-refractivity contribution in [3.63, 3.8) is 0 Å². The molecule has 1 saturated heterocycles. The Hall–Kier alpha value is -2.04. The maximum Gasteiger partial charge on any atom is 0.228 e. The third kappa shape index (κ3) is 3.33. The van der Waals surface area contributed by atoms with Gasteiger partial charge in [0.05, 0.1) is 24.0 Å². The Morgan fingerprint density at radius 3 is 2.48 bits per heavy atom. The van der Waals surface area contributed by atoms with Crippen LogP contribution in [-0.4, -0.2) is 34.6 Å². The highest BCUT2D eigenvalue weighted by Gasteiger charge is 2.53. The zero-order chi connectivity index (χ0) is 17.0. The molecule has 1 heterocycles. The first-order valence-corrected chi connectivity index (χ1v) is 8.05. The number of hydrogen-bond donors (Lipinski definition) is 1. The second-order valence-electron chi connectivity index (χ2n) is 6.38. The lowest BCUT2D eigenvalue weighted by molar-refractivity contribution is -0.166. The number of β-lactam (4-membered cyclic amide) rings is 1. The molecule has 1 aromatic carbocycles. The molecule has 1 aliphatic heterocycles. The van der Waals surface area contributed by atoms with Crippen LogP contribution in [0.5, 0.6) is 0 Å². The van der Waals surface area contributed by atoms with Gasteiger partial charge in [-0.05, 0) is 30.4 Å². The predicted molar refractivity (Wildman–Crippen MR) is 88.5 cm³/mol. The van der Waals surface area contributed by atoms with Crippen LogP contribution < -0.4 is 0 Å². The predicted octanol–water partition coefficient (Wildman–Crippen LogP) is 3.29. The zero-order valence-corrected chi connectivity index (χ0v) is 13.8. The Kier molecular flexibility index (Phi) is 5.64. The summed E-state index contributed by atoms with van der Waals surface area (Å²) in [6.45, 7) is 5.94. The Labute approximate surface area is 136 Å². The van der Waals surface area contributed by atoms with E-state index in [4.69, 9.17) is 5.53 Å². The number of azide groups is 1. The Bertz CT molecular complexity index is 584. The van der Waals surface area contributed by atoms with E-state index in [0.717, 1.165) is 5.56 Å². The van der Waals surface area contributed by atoms with Crippen molar-refractivity contribution in [3.05, 3.63) is 46.3 Å². The van der Waals surface area contributed by atoms with Crippen molar-refractivity contribution < 1.29 is 9.90 Å². The summed E-state index contributed by atoms with van der Waals surface area (Å²) in [4.78, 5) is 17.4. The van der Waals surface area contributed by atoms with Gasteiger partial charge in [0, 0.05) is 11.5 Å². The van der Waals surface area contributed by atoms with E-state index in [9.17, 15) is 9.90 Å². The second kappa shape index (κ2) is 7.49. The quantitative estimate of drug-likeness (QED) is 0.362. The number of aliphatic hydroxyl groups excluding tert-OH is 1. The Balaban J connectivity index is 2.32. The number of aliphatic hydroxyl groups is 1. The molecule has 124 valence electrons. The van der Waals surface area contributed by atoms with Crippen LogP contribution in [0.2, 0.25) is 0 Å². The molecule has 0 radical (unpaired) electrons. The van der Waals surface area contributed by atoms with Gasteiger partial charge in [-0.3, -0.25) is 4.79 Å². The van der Waals surface area contributed by atoms with E-state index >= 15 is 0 Å². The number of carbonyl (C=O) groups is 1. The molecule has 0 aromatic heterocycles. The van der Waals surface area contributed by atoms with Crippen LogP contribution >= 0.6 is 0 Å². The fourth-order valence-electron chi connectivity index (χ4n) is 3.50. The number of carbonyl (C=O) groups excluding carboxylic acids is 1. The summed E-state index contributed by atoms with van der Waals surface area (Å²) >= 11 is 0. The van der Waals surface area contributed by atoms with Gasteiger partial charge in [0.2, 0.25) is 5.91 Å². The van der Waals surface area contributed by atoms with Gasteiger partial charge in [0.15, 0.2) is 0 Å². The highest BCUT2D eigenvalue weighted by molar-refractivity contribution is 5.87. The Morgan fingerprint density at radius 1 is 1.30 bits per heavy atom. The molecule has 23 heavy (non-hydrogen) atoms. The van der Waals surface area contributed by atoms with E-state index in [1.807, 2.05) is 56.0 Å². The molecule has 1 amide bonds. The van der Waals surface area contributed by atoms with Crippen LogP contribution in [0, 0.1) is 11.8 Å².